The van der Waals surface area contributed by atoms with E-state index >= 15 is 0 Å². The molecule has 2 aromatic rings. The van der Waals surface area contributed by atoms with E-state index in [-0.39, 0.29) is 29.2 Å². The smallest absolute Gasteiger partial charge is 0.242 e. The van der Waals surface area contributed by atoms with Gasteiger partial charge in [0.05, 0.1) is 11.1 Å². The Bertz CT molecular complexity index is 804. The number of para-hydroxylation sites is 2. The van der Waals surface area contributed by atoms with Gasteiger partial charge in [0.25, 0.3) is 0 Å². The molecule has 0 spiro atoms. The Labute approximate surface area is 147 Å². The van der Waals surface area contributed by atoms with Gasteiger partial charge < -0.3 is 0 Å². The molecule has 1 aliphatic rings. The molecule has 0 fully saturated rings. The Morgan fingerprint density at radius 3 is 2.28 bits per heavy atom. The third-order valence-corrected chi connectivity index (χ3v) is 5.26. The van der Waals surface area contributed by atoms with Crippen LogP contribution in [0.15, 0.2) is 54.6 Å². The molecule has 0 saturated carbocycles. The number of hydrogen-bond donors (Lipinski definition) is 0. The summed E-state index contributed by atoms with van der Waals surface area (Å²) in [4.78, 5) is 26.2. The molecule has 2 aromatic carbocycles. The molecule has 3 rings (SSSR count). The highest BCUT2D eigenvalue weighted by Crippen LogP contribution is 2.50. The van der Waals surface area contributed by atoms with Crippen molar-refractivity contribution in [3.63, 3.8) is 0 Å². The van der Waals surface area contributed by atoms with Crippen LogP contribution in [0.5, 0.6) is 0 Å². The first-order chi connectivity index (χ1) is 11.9. The fourth-order valence-corrected chi connectivity index (χ4v) is 3.98. The van der Waals surface area contributed by atoms with Gasteiger partial charge in [0.15, 0.2) is 0 Å². The predicted molar refractivity (Wildman–Crippen MR) is 97.6 cm³/mol. The maximum atomic E-state index is 13.5. The van der Waals surface area contributed by atoms with Crippen molar-refractivity contribution < 1.29 is 9.72 Å². The number of carbonyl (C=O) groups excluding carboxylic acids is 1. The van der Waals surface area contributed by atoms with Crippen molar-refractivity contribution >= 4 is 17.3 Å². The van der Waals surface area contributed by atoms with Crippen LogP contribution >= 0.6 is 0 Å². The molecule has 0 unspecified atom stereocenters. The average Bonchev–Trinajstić information content (AvgIpc) is 2.82. The van der Waals surface area contributed by atoms with Gasteiger partial charge in [-0.05, 0) is 36.6 Å². The number of carbonyl (C=O) groups is 1. The quantitative estimate of drug-likeness (QED) is 0.607. The zero-order chi connectivity index (χ0) is 18.2. The number of benzene rings is 2. The van der Waals surface area contributed by atoms with Crippen molar-refractivity contribution in [2.45, 2.75) is 26.2 Å². The third-order valence-electron chi connectivity index (χ3n) is 5.26. The lowest BCUT2D eigenvalue weighted by Crippen LogP contribution is -2.46. The van der Waals surface area contributed by atoms with Crippen LogP contribution in [0.2, 0.25) is 0 Å². The van der Waals surface area contributed by atoms with Crippen LogP contribution < -0.4 is 4.90 Å². The molecule has 0 aromatic heterocycles. The van der Waals surface area contributed by atoms with Gasteiger partial charge in [0.1, 0.15) is 0 Å². The average molecular weight is 338 g/mol. The van der Waals surface area contributed by atoms with Crippen LogP contribution in [0, 0.1) is 22.0 Å². The molecule has 0 aliphatic carbocycles. The fourth-order valence-electron chi connectivity index (χ4n) is 3.98. The molecule has 5 heteroatoms. The van der Waals surface area contributed by atoms with Crippen LogP contribution in [-0.2, 0) is 10.2 Å². The van der Waals surface area contributed by atoms with Gasteiger partial charge in [-0.1, -0.05) is 50.2 Å². The molecule has 0 radical (unpaired) electrons. The third kappa shape index (κ3) is 2.69. The summed E-state index contributed by atoms with van der Waals surface area (Å²) in [6, 6.07) is 17.1. The largest absolute Gasteiger partial charge is 0.280 e. The number of hydrogen-bond acceptors (Lipinski definition) is 3. The standard InChI is InChI=1S/C20H22N2O3/c1-14(2)17(13-21(24)25)20(3)16-11-7-8-12-18(16)22(19(20)23)15-9-5-4-6-10-15/h4-12,14,17H,13H2,1-3H3/t17-,20-/m1/s1. The van der Waals surface area contributed by atoms with Gasteiger partial charge in [-0.3, -0.25) is 19.8 Å². The topological polar surface area (TPSA) is 63.5 Å². The van der Waals surface area contributed by atoms with Crippen molar-refractivity contribution in [1.82, 2.24) is 0 Å². The van der Waals surface area contributed by atoms with Crippen LogP contribution in [0.1, 0.15) is 26.3 Å². The number of anilines is 2. The summed E-state index contributed by atoms with van der Waals surface area (Å²) in [6.07, 6.45) is 0. The zero-order valence-corrected chi connectivity index (χ0v) is 14.7. The molecule has 1 amide bonds. The Kier molecular flexibility index (Phi) is 4.33. The second-order valence-electron chi connectivity index (χ2n) is 7.06. The van der Waals surface area contributed by atoms with Crippen molar-refractivity contribution in [1.29, 1.82) is 0 Å². The molecule has 2 atom stereocenters. The van der Waals surface area contributed by atoms with Crippen LogP contribution in [-0.4, -0.2) is 17.4 Å². The maximum Gasteiger partial charge on any atom is 0.242 e. The van der Waals surface area contributed by atoms with Gasteiger partial charge >= 0.3 is 0 Å². The summed E-state index contributed by atoms with van der Waals surface area (Å²) in [7, 11) is 0. The molecule has 25 heavy (non-hydrogen) atoms. The Balaban J connectivity index is 2.18. The normalized spacial score (nSPS) is 20.6. The van der Waals surface area contributed by atoms with Gasteiger partial charge in [0, 0.05) is 16.5 Å². The molecule has 1 aliphatic heterocycles. The van der Waals surface area contributed by atoms with E-state index in [0.717, 1.165) is 16.9 Å². The van der Waals surface area contributed by atoms with Crippen LogP contribution in [0.3, 0.4) is 0 Å². The van der Waals surface area contributed by atoms with Gasteiger partial charge in [-0.25, -0.2) is 0 Å². The second-order valence-corrected chi connectivity index (χ2v) is 7.06. The summed E-state index contributed by atoms with van der Waals surface area (Å²) in [6.45, 7) is 5.52. The number of fused-ring (bicyclic) bond motifs is 1. The van der Waals surface area contributed by atoms with E-state index in [9.17, 15) is 14.9 Å². The summed E-state index contributed by atoms with van der Waals surface area (Å²) in [5, 5.41) is 11.3. The lowest BCUT2D eigenvalue weighted by molar-refractivity contribution is -0.491. The molecule has 130 valence electrons. The number of amides is 1. The highest BCUT2D eigenvalue weighted by Gasteiger charge is 2.54. The van der Waals surface area contributed by atoms with Crippen molar-refractivity contribution in [3.8, 4) is 0 Å². The van der Waals surface area contributed by atoms with E-state index in [1.807, 2.05) is 75.4 Å². The van der Waals surface area contributed by atoms with E-state index in [2.05, 4.69) is 0 Å². The second kappa shape index (κ2) is 6.31. The van der Waals surface area contributed by atoms with Gasteiger partial charge in [-0.2, -0.15) is 0 Å². The molecule has 0 bridgehead atoms. The number of rotatable bonds is 5. The lowest BCUT2D eigenvalue weighted by Gasteiger charge is -2.33. The lowest BCUT2D eigenvalue weighted by atomic mass is 9.68. The molecule has 0 N–H and O–H groups in total. The SMILES string of the molecule is CC(C)[C@@H](C[N+](=O)[O-])[C@]1(C)C(=O)N(c2ccccc2)c2ccccc21. The van der Waals surface area contributed by atoms with Gasteiger partial charge in [0.2, 0.25) is 12.5 Å². The van der Waals surface area contributed by atoms with E-state index < -0.39 is 5.41 Å². The van der Waals surface area contributed by atoms with E-state index in [0.29, 0.717) is 0 Å². The maximum absolute atomic E-state index is 13.5. The van der Waals surface area contributed by atoms with E-state index in [4.69, 9.17) is 0 Å². The summed E-state index contributed by atoms with van der Waals surface area (Å²) < 4.78 is 0. The van der Waals surface area contributed by atoms with Crippen molar-refractivity contribution in [3.05, 3.63) is 70.3 Å². The Morgan fingerprint density at radius 2 is 1.68 bits per heavy atom. The first-order valence-corrected chi connectivity index (χ1v) is 8.48. The highest BCUT2D eigenvalue weighted by atomic mass is 16.6. The number of nitrogens with zero attached hydrogens (tertiary/aromatic N) is 2. The monoisotopic (exact) mass is 338 g/mol. The predicted octanol–water partition coefficient (Wildman–Crippen LogP) is 4.17. The minimum Gasteiger partial charge on any atom is -0.280 e. The number of nitro groups is 1. The van der Waals surface area contributed by atoms with Crippen molar-refractivity contribution in [2.24, 2.45) is 11.8 Å². The summed E-state index contributed by atoms with van der Waals surface area (Å²) >= 11 is 0. The highest BCUT2D eigenvalue weighted by molar-refractivity contribution is 6.12. The van der Waals surface area contributed by atoms with Gasteiger partial charge in [-0.15, -0.1) is 0 Å². The molecule has 5 nitrogen and oxygen atoms in total. The molecular formula is C20H22N2O3. The Hall–Kier alpha value is -2.69. The summed E-state index contributed by atoms with van der Waals surface area (Å²) in [5.41, 5.74) is 1.54. The van der Waals surface area contributed by atoms with Crippen molar-refractivity contribution in [2.75, 3.05) is 11.4 Å². The minimum atomic E-state index is -0.923. The van der Waals surface area contributed by atoms with E-state index in [1.165, 1.54) is 0 Å². The van der Waals surface area contributed by atoms with Crippen LogP contribution in [0.25, 0.3) is 0 Å². The first-order valence-electron chi connectivity index (χ1n) is 8.48. The zero-order valence-electron chi connectivity index (χ0n) is 14.7. The molecular weight excluding hydrogens is 316 g/mol. The van der Waals surface area contributed by atoms with E-state index in [1.54, 1.807) is 4.90 Å². The van der Waals surface area contributed by atoms with Crippen LogP contribution in [0.4, 0.5) is 11.4 Å². The Morgan fingerprint density at radius 1 is 1.08 bits per heavy atom. The first kappa shape index (κ1) is 17.1. The molecule has 0 saturated heterocycles. The minimum absolute atomic E-state index is 0.00290. The summed E-state index contributed by atoms with van der Waals surface area (Å²) in [5.74, 6) is -0.478. The molecule has 1 heterocycles. The fraction of sp³-hybridized carbons (Fsp3) is 0.350.